The summed E-state index contributed by atoms with van der Waals surface area (Å²) in [6.45, 7) is 9.20. The summed E-state index contributed by atoms with van der Waals surface area (Å²) in [6, 6.07) is 8.51. The van der Waals surface area contributed by atoms with Gasteiger partial charge in [0.05, 0.1) is 6.26 Å². The van der Waals surface area contributed by atoms with E-state index in [1.165, 1.54) is 9.75 Å². The average Bonchev–Trinajstić information content (AvgIpc) is 3.22. The molecule has 2 heterocycles. The van der Waals surface area contributed by atoms with E-state index in [9.17, 15) is 0 Å². The molecule has 1 unspecified atom stereocenters. The number of ether oxygens (including phenoxy) is 1. The number of halogens is 1. The summed E-state index contributed by atoms with van der Waals surface area (Å²) in [5, 5.41) is 6.78. The predicted molar refractivity (Wildman–Crippen MR) is 120 cm³/mol. The number of aryl methyl sites for hydroxylation is 1. The van der Waals surface area contributed by atoms with Crippen molar-refractivity contribution >= 4 is 41.3 Å². The molecule has 146 valence electrons. The van der Waals surface area contributed by atoms with Crippen molar-refractivity contribution in [2.24, 2.45) is 4.99 Å². The predicted octanol–water partition coefficient (Wildman–Crippen LogP) is 4.36. The maximum absolute atomic E-state index is 5.58. The van der Waals surface area contributed by atoms with Gasteiger partial charge in [-0.1, -0.05) is 0 Å². The first-order valence-electron chi connectivity index (χ1n) is 8.87. The Morgan fingerprint density at radius 1 is 1.35 bits per heavy atom. The number of hydrogen-bond acceptors (Lipinski definition) is 4. The first kappa shape index (κ1) is 23.0. The van der Waals surface area contributed by atoms with Gasteiger partial charge in [0.2, 0.25) is 0 Å². The highest BCUT2D eigenvalue weighted by molar-refractivity contribution is 14.0. The average molecular weight is 491 g/mol. The van der Waals surface area contributed by atoms with Crippen LogP contribution in [0.2, 0.25) is 0 Å². The number of aliphatic imine (C=N–C) groups is 1. The lowest BCUT2D eigenvalue weighted by atomic mass is 10.2. The Kier molecular flexibility index (Phi) is 11.6. The zero-order chi connectivity index (χ0) is 17.9. The lowest BCUT2D eigenvalue weighted by Gasteiger charge is -2.17. The number of guanidine groups is 1. The zero-order valence-electron chi connectivity index (χ0n) is 15.8. The summed E-state index contributed by atoms with van der Waals surface area (Å²) < 4.78 is 10.8. The summed E-state index contributed by atoms with van der Waals surface area (Å²) in [7, 11) is 0. The molecule has 7 heteroatoms. The lowest BCUT2D eigenvalue weighted by molar-refractivity contribution is 0.105. The first-order chi connectivity index (χ1) is 12.2. The smallest absolute Gasteiger partial charge is 0.191 e. The maximum Gasteiger partial charge on any atom is 0.191 e. The van der Waals surface area contributed by atoms with Crippen molar-refractivity contribution in [2.45, 2.75) is 46.3 Å². The molecule has 0 amide bonds. The number of rotatable bonds is 10. The van der Waals surface area contributed by atoms with Crippen LogP contribution in [-0.4, -0.2) is 31.7 Å². The summed E-state index contributed by atoms with van der Waals surface area (Å²) in [6.07, 6.45) is 3.56. The normalized spacial score (nSPS) is 12.5. The Balaban J connectivity index is 0.00000338. The van der Waals surface area contributed by atoms with Gasteiger partial charge in [0, 0.05) is 41.9 Å². The van der Waals surface area contributed by atoms with Crippen molar-refractivity contribution in [3.8, 4) is 0 Å². The van der Waals surface area contributed by atoms with Crippen LogP contribution < -0.4 is 10.6 Å². The summed E-state index contributed by atoms with van der Waals surface area (Å²) in [4.78, 5) is 7.39. The second kappa shape index (κ2) is 13.2. The molecule has 0 aliphatic rings. The molecule has 5 nitrogen and oxygen atoms in total. The minimum Gasteiger partial charge on any atom is -0.467 e. The Bertz CT molecular complexity index is 629. The van der Waals surface area contributed by atoms with Gasteiger partial charge in [-0.3, -0.25) is 4.99 Å². The highest BCUT2D eigenvalue weighted by atomic mass is 127. The molecule has 0 fully saturated rings. The Morgan fingerprint density at radius 2 is 2.19 bits per heavy atom. The number of nitrogens with one attached hydrogen (secondary N) is 2. The monoisotopic (exact) mass is 491 g/mol. The van der Waals surface area contributed by atoms with Gasteiger partial charge in [0.25, 0.3) is 0 Å². The molecule has 0 saturated carbocycles. The van der Waals surface area contributed by atoms with Gasteiger partial charge in [0.15, 0.2) is 5.96 Å². The molecule has 0 aromatic carbocycles. The van der Waals surface area contributed by atoms with Crippen LogP contribution in [0.1, 0.15) is 35.8 Å². The van der Waals surface area contributed by atoms with E-state index >= 15 is 0 Å². The van der Waals surface area contributed by atoms with E-state index in [4.69, 9.17) is 9.15 Å². The number of furan rings is 1. The second-order valence-electron chi connectivity index (χ2n) is 6.01. The molecule has 1 atom stereocenters. The van der Waals surface area contributed by atoms with Gasteiger partial charge in [-0.2, -0.15) is 0 Å². The molecule has 0 radical (unpaired) electrons. The molecule has 2 N–H and O–H groups in total. The zero-order valence-corrected chi connectivity index (χ0v) is 18.9. The fourth-order valence-corrected chi connectivity index (χ4v) is 3.45. The SMILES string of the molecule is CCNC(=NCCCOCc1ccco1)NC(C)Cc1ccc(C)s1.I. The van der Waals surface area contributed by atoms with Crippen LogP contribution >= 0.6 is 35.3 Å². The van der Waals surface area contributed by atoms with Crippen LogP contribution in [0.4, 0.5) is 0 Å². The van der Waals surface area contributed by atoms with Crippen LogP contribution in [0.3, 0.4) is 0 Å². The lowest BCUT2D eigenvalue weighted by Crippen LogP contribution is -2.43. The molecule has 0 saturated heterocycles. The van der Waals surface area contributed by atoms with E-state index in [0.717, 1.165) is 37.7 Å². The van der Waals surface area contributed by atoms with E-state index in [1.54, 1.807) is 6.26 Å². The van der Waals surface area contributed by atoms with Crippen molar-refractivity contribution in [3.05, 3.63) is 46.0 Å². The van der Waals surface area contributed by atoms with Crippen molar-refractivity contribution in [1.82, 2.24) is 10.6 Å². The topological polar surface area (TPSA) is 58.8 Å². The quantitative estimate of drug-likeness (QED) is 0.225. The molecule has 2 aromatic rings. The third-order valence-electron chi connectivity index (χ3n) is 3.57. The highest BCUT2D eigenvalue weighted by Crippen LogP contribution is 2.16. The molecule has 0 aliphatic heterocycles. The fraction of sp³-hybridized carbons (Fsp3) is 0.526. The number of nitrogens with zero attached hydrogens (tertiary/aromatic N) is 1. The largest absolute Gasteiger partial charge is 0.467 e. The molecule has 2 rings (SSSR count). The number of hydrogen-bond donors (Lipinski definition) is 2. The molecule has 2 aromatic heterocycles. The van der Waals surface area contributed by atoms with Crippen LogP contribution in [0.5, 0.6) is 0 Å². The summed E-state index contributed by atoms with van der Waals surface area (Å²) in [5.74, 6) is 1.73. The van der Waals surface area contributed by atoms with Gasteiger partial charge in [-0.15, -0.1) is 35.3 Å². The van der Waals surface area contributed by atoms with E-state index in [0.29, 0.717) is 19.3 Å². The Hall–Kier alpha value is -1.06. The fourth-order valence-electron chi connectivity index (χ4n) is 2.43. The van der Waals surface area contributed by atoms with E-state index in [1.807, 2.05) is 23.5 Å². The molecule has 0 bridgehead atoms. The van der Waals surface area contributed by atoms with Crippen molar-refractivity contribution in [3.63, 3.8) is 0 Å². The second-order valence-corrected chi connectivity index (χ2v) is 7.38. The molecular formula is C19H30IN3O2S. The van der Waals surface area contributed by atoms with Crippen LogP contribution in [0, 0.1) is 6.92 Å². The molecule has 26 heavy (non-hydrogen) atoms. The Morgan fingerprint density at radius 3 is 2.85 bits per heavy atom. The number of thiophene rings is 1. The van der Waals surface area contributed by atoms with Crippen LogP contribution in [0.25, 0.3) is 0 Å². The summed E-state index contributed by atoms with van der Waals surface area (Å²) >= 11 is 1.86. The molecule has 0 aliphatic carbocycles. The van der Waals surface area contributed by atoms with Crippen molar-refractivity contribution in [2.75, 3.05) is 19.7 Å². The van der Waals surface area contributed by atoms with Gasteiger partial charge < -0.3 is 19.8 Å². The standard InChI is InChI=1S/C19H29N3O2S.HI/c1-4-20-19(22-15(2)13-18-9-8-16(3)25-18)21-10-6-11-23-14-17-7-5-12-24-17;/h5,7-9,12,15H,4,6,10-11,13-14H2,1-3H3,(H2,20,21,22);1H. The van der Waals surface area contributed by atoms with Crippen LogP contribution in [0.15, 0.2) is 39.9 Å². The van der Waals surface area contributed by atoms with Gasteiger partial charge >= 0.3 is 0 Å². The minimum atomic E-state index is 0. The third-order valence-corrected chi connectivity index (χ3v) is 4.59. The van der Waals surface area contributed by atoms with Gasteiger partial charge in [-0.05, 0) is 51.5 Å². The molecular weight excluding hydrogens is 461 g/mol. The third kappa shape index (κ3) is 9.05. The van der Waals surface area contributed by atoms with E-state index < -0.39 is 0 Å². The summed E-state index contributed by atoms with van der Waals surface area (Å²) in [5.41, 5.74) is 0. The van der Waals surface area contributed by atoms with Gasteiger partial charge in [-0.25, -0.2) is 0 Å². The molecule has 0 spiro atoms. The minimum absolute atomic E-state index is 0. The highest BCUT2D eigenvalue weighted by Gasteiger charge is 2.07. The van der Waals surface area contributed by atoms with E-state index in [-0.39, 0.29) is 24.0 Å². The van der Waals surface area contributed by atoms with Crippen LogP contribution in [-0.2, 0) is 17.8 Å². The van der Waals surface area contributed by atoms with Gasteiger partial charge in [0.1, 0.15) is 12.4 Å². The first-order valence-corrected chi connectivity index (χ1v) is 9.69. The Labute approximate surface area is 177 Å². The maximum atomic E-state index is 5.58. The van der Waals surface area contributed by atoms with E-state index in [2.05, 4.69) is 48.5 Å². The van der Waals surface area contributed by atoms with Crippen molar-refractivity contribution in [1.29, 1.82) is 0 Å². The van der Waals surface area contributed by atoms with Crippen molar-refractivity contribution < 1.29 is 9.15 Å².